The highest BCUT2D eigenvalue weighted by molar-refractivity contribution is 5.83. The van der Waals surface area contributed by atoms with Crippen LogP contribution < -0.4 is 9.47 Å². The molecule has 0 spiro atoms. The average Bonchev–Trinajstić information content (AvgIpc) is 2.92. The molecule has 1 amide bonds. The number of carbonyl (C=O) groups is 2. The molecule has 2 atom stereocenters. The van der Waals surface area contributed by atoms with Gasteiger partial charge in [0.15, 0.2) is 11.5 Å². The van der Waals surface area contributed by atoms with Crippen molar-refractivity contribution in [1.29, 1.82) is 0 Å². The summed E-state index contributed by atoms with van der Waals surface area (Å²) in [4.78, 5) is 24.2. The quantitative estimate of drug-likeness (QED) is 0.893. The predicted octanol–water partition coefficient (Wildman–Crippen LogP) is 2.09. The van der Waals surface area contributed by atoms with Gasteiger partial charge in [-0.05, 0) is 24.1 Å². The lowest BCUT2D eigenvalue weighted by atomic mass is 9.96. The molecule has 0 saturated carbocycles. The van der Waals surface area contributed by atoms with E-state index in [9.17, 15) is 23.5 Å². The van der Waals surface area contributed by atoms with E-state index in [0.29, 0.717) is 5.56 Å². The fourth-order valence-corrected chi connectivity index (χ4v) is 2.71. The minimum Gasteiger partial charge on any atom is -0.493 e. The first-order valence-corrected chi connectivity index (χ1v) is 6.75. The number of methoxy groups -OCH3 is 1. The monoisotopic (exact) mass is 332 g/mol. The largest absolute Gasteiger partial charge is 0.493 e. The minimum absolute atomic E-state index is 0.106. The molecule has 2 unspecified atom stereocenters. The number of likely N-dealkylation sites (tertiary alicyclic amines) is 1. The second-order valence-corrected chi connectivity index (χ2v) is 5.14. The van der Waals surface area contributed by atoms with E-state index in [0.717, 1.165) is 6.07 Å². The Hall–Kier alpha value is -2.38. The third-order valence-electron chi connectivity index (χ3n) is 3.76. The molecule has 1 aromatic rings. The molecule has 23 heavy (non-hydrogen) atoms. The number of hydrogen-bond donors (Lipinski definition) is 1. The van der Waals surface area contributed by atoms with Crippen LogP contribution in [0.5, 0.6) is 11.5 Å². The number of carboxylic acids is 1. The Morgan fingerprint density at radius 1 is 1.43 bits per heavy atom. The molecule has 1 heterocycles. The van der Waals surface area contributed by atoms with Crippen LogP contribution in [-0.2, 0) is 9.59 Å². The Kier molecular flexibility index (Phi) is 3.87. The summed E-state index contributed by atoms with van der Waals surface area (Å²) >= 11 is 0. The molecule has 1 N–H and O–H groups in total. The predicted molar refractivity (Wildman–Crippen MR) is 75.8 cm³/mol. The van der Waals surface area contributed by atoms with Crippen LogP contribution in [0.15, 0.2) is 18.2 Å². The van der Waals surface area contributed by atoms with E-state index in [1.807, 2.05) is 0 Å². The van der Waals surface area contributed by atoms with Gasteiger partial charge in [0.2, 0.25) is 5.91 Å². The number of ether oxygens (including phenoxy) is 2. The molecule has 6 nitrogen and oxygen atoms in total. The minimum atomic E-state index is -3.17. The standard InChI is InChI=1S/C15H17F2NO5/c1-8(19)18-7-10(5-11(18)14(20)21)9-3-4-12(23-15(16)17)13(6-9)22-2/h3-4,6,10-11,15H,5,7H2,1-2H3,(H,20,21)/i2D3. The van der Waals surface area contributed by atoms with Gasteiger partial charge in [-0.2, -0.15) is 8.78 Å². The van der Waals surface area contributed by atoms with Gasteiger partial charge >= 0.3 is 12.6 Å². The van der Waals surface area contributed by atoms with Gasteiger partial charge in [0, 0.05) is 19.4 Å². The zero-order valence-electron chi connectivity index (χ0n) is 15.2. The zero-order valence-corrected chi connectivity index (χ0v) is 12.2. The van der Waals surface area contributed by atoms with Crippen LogP contribution in [0.1, 0.15) is 28.9 Å². The number of rotatable bonds is 5. The van der Waals surface area contributed by atoms with Crippen LogP contribution in [0.4, 0.5) is 8.78 Å². The molecule has 0 aliphatic carbocycles. The smallest absolute Gasteiger partial charge is 0.387 e. The first kappa shape index (κ1) is 13.1. The molecule has 1 fully saturated rings. The van der Waals surface area contributed by atoms with Gasteiger partial charge in [-0.3, -0.25) is 4.79 Å². The van der Waals surface area contributed by atoms with Crippen LogP contribution in [0.25, 0.3) is 0 Å². The fourth-order valence-electron chi connectivity index (χ4n) is 2.71. The normalized spacial score (nSPS) is 23.1. The molecule has 1 aliphatic rings. The molecule has 8 heteroatoms. The Balaban J connectivity index is 2.33. The van der Waals surface area contributed by atoms with Crippen molar-refractivity contribution in [3.05, 3.63) is 23.8 Å². The molecular formula is C15H17F2NO5. The third kappa shape index (κ3) is 3.69. The van der Waals surface area contributed by atoms with E-state index in [1.165, 1.54) is 24.0 Å². The van der Waals surface area contributed by atoms with Crippen LogP contribution >= 0.6 is 0 Å². The molecule has 0 radical (unpaired) electrons. The van der Waals surface area contributed by atoms with Crippen molar-refractivity contribution in [2.45, 2.75) is 31.9 Å². The molecule has 126 valence electrons. The lowest BCUT2D eigenvalue weighted by Gasteiger charge is -2.19. The molecule has 1 saturated heterocycles. The molecule has 0 aromatic heterocycles. The van der Waals surface area contributed by atoms with Gasteiger partial charge < -0.3 is 19.5 Å². The lowest BCUT2D eigenvalue weighted by Crippen LogP contribution is -2.39. The SMILES string of the molecule is [2H]C([2H])([2H])Oc1cc(C2CC(C(=O)O)N(C(C)=O)C2)ccc1OC(F)F. The highest BCUT2D eigenvalue weighted by atomic mass is 19.3. The van der Waals surface area contributed by atoms with Crippen molar-refractivity contribution in [2.75, 3.05) is 13.6 Å². The Bertz CT molecular complexity index is 676. The van der Waals surface area contributed by atoms with Crippen LogP contribution in [0.3, 0.4) is 0 Å². The lowest BCUT2D eigenvalue weighted by molar-refractivity contribution is -0.147. The number of hydrogen-bond acceptors (Lipinski definition) is 4. The molecule has 2 rings (SSSR count). The van der Waals surface area contributed by atoms with Crippen LogP contribution in [-0.4, -0.2) is 48.1 Å². The number of benzene rings is 1. The van der Waals surface area contributed by atoms with Crippen LogP contribution in [0, 0.1) is 0 Å². The summed E-state index contributed by atoms with van der Waals surface area (Å²) in [5, 5.41) is 9.25. The third-order valence-corrected chi connectivity index (χ3v) is 3.76. The van der Waals surface area contributed by atoms with Crippen molar-refractivity contribution in [3.8, 4) is 11.5 Å². The number of aliphatic carboxylic acids is 1. The van der Waals surface area contributed by atoms with Crippen molar-refractivity contribution >= 4 is 11.9 Å². The van der Waals surface area contributed by atoms with Crippen molar-refractivity contribution in [1.82, 2.24) is 4.90 Å². The molecule has 1 aromatic carbocycles. The zero-order chi connectivity index (χ0) is 19.6. The summed E-state index contributed by atoms with van der Waals surface area (Å²) in [6, 6.07) is 2.75. The Morgan fingerprint density at radius 2 is 2.17 bits per heavy atom. The van der Waals surface area contributed by atoms with Crippen LogP contribution in [0.2, 0.25) is 0 Å². The number of carbonyl (C=O) groups excluding carboxylic acids is 1. The maximum absolute atomic E-state index is 12.5. The molecule has 0 bridgehead atoms. The Labute approximate surface area is 135 Å². The summed E-state index contributed by atoms with van der Waals surface area (Å²) in [7, 11) is -2.89. The van der Waals surface area contributed by atoms with Gasteiger partial charge in [0.05, 0.1) is 11.2 Å². The molecular weight excluding hydrogens is 312 g/mol. The van der Waals surface area contributed by atoms with E-state index in [2.05, 4.69) is 4.74 Å². The van der Waals surface area contributed by atoms with Crippen molar-refractivity contribution in [2.24, 2.45) is 0 Å². The van der Waals surface area contributed by atoms with E-state index in [4.69, 9.17) is 8.85 Å². The number of amides is 1. The maximum Gasteiger partial charge on any atom is 0.387 e. The van der Waals surface area contributed by atoms with E-state index >= 15 is 0 Å². The first-order valence-electron chi connectivity index (χ1n) is 8.25. The number of nitrogens with zero attached hydrogens (tertiary/aromatic N) is 1. The van der Waals surface area contributed by atoms with E-state index in [-0.39, 0.29) is 13.0 Å². The highest BCUT2D eigenvalue weighted by Crippen LogP contribution is 2.37. The number of alkyl halides is 2. The van der Waals surface area contributed by atoms with Gasteiger partial charge in [-0.25, -0.2) is 4.79 Å². The summed E-state index contributed by atoms with van der Waals surface area (Å²) < 4.78 is 55.4. The summed E-state index contributed by atoms with van der Waals surface area (Å²) in [6.07, 6.45) is 0.108. The van der Waals surface area contributed by atoms with Crippen molar-refractivity contribution in [3.63, 3.8) is 0 Å². The van der Waals surface area contributed by atoms with Gasteiger partial charge in [0.1, 0.15) is 6.04 Å². The molecule has 1 aliphatic heterocycles. The van der Waals surface area contributed by atoms with Gasteiger partial charge in [-0.1, -0.05) is 6.07 Å². The topological polar surface area (TPSA) is 76.1 Å². The van der Waals surface area contributed by atoms with E-state index < -0.39 is 49.0 Å². The highest BCUT2D eigenvalue weighted by Gasteiger charge is 2.39. The van der Waals surface area contributed by atoms with Gasteiger partial charge in [0.25, 0.3) is 0 Å². The van der Waals surface area contributed by atoms with E-state index in [1.54, 1.807) is 0 Å². The second kappa shape index (κ2) is 6.80. The van der Waals surface area contributed by atoms with Crippen molar-refractivity contribution < 1.29 is 37.1 Å². The summed E-state index contributed by atoms with van der Waals surface area (Å²) in [5.41, 5.74) is 0.459. The van der Waals surface area contributed by atoms with Gasteiger partial charge in [-0.15, -0.1) is 0 Å². The number of carboxylic acid groups (broad SMARTS) is 1. The maximum atomic E-state index is 12.5. The number of halogens is 2. The summed E-state index contributed by atoms with van der Waals surface area (Å²) in [6.45, 7) is -1.81. The summed E-state index contributed by atoms with van der Waals surface area (Å²) in [5.74, 6) is -2.83. The second-order valence-electron chi connectivity index (χ2n) is 5.14. The average molecular weight is 332 g/mol. The first-order chi connectivity index (χ1) is 12.0. The fraction of sp³-hybridized carbons (Fsp3) is 0.467. The Morgan fingerprint density at radius 3 is 2.70 bits per heavy atom.